The molecule has 3 aromatic carbocycles. The van der Waals surface area contributed by atoms with Crippen LogP contribution in [-0.4, -0.2) is 19.6 Å². The van der Waals surface area contributed by atoms with E-state index in [9.17, 15) is 4.79 Å². The molecule has 1 N–H and O–H groups in total. The van der Waals surface area contributed by atoms with E-state index in [-0.39, 0.29) is 18.6 Å². The summed E-state index contributed by atoms with van der Waals surface area (Å²) < 4.78 is 11.0. The first kappa shape index (κ1) is 16.8. The maximum atomic E-state index is 12.2. The van der Waals surface area contributed by atoms with Gasteiger partial charge in [0.2, 0.25) is 0 Å². The predicted molar refractivity (Wildman–Crippen MR) is 99.0 cm³/mol. The van der Waals surface area contributed by atoms with E-state index in [0.717, 1.165) is 22.1 Å². The summed E-state index contributed by atoms with van der Waals surface area (Å²) in [6.07, 6.45) is 0. The Bertz CT molecular complexity index is 876. The van der Waals surface area contributed by atoms with E-state index in [1.54, 1.807) is 7.11 Å². The van der Waals surface area contributed by atoms with Crippen molar-refractivity contribution >= 4 is 16.7 Å². The van der Waals surface area contributed by atoms with Gasteiger partial charge in [0.15, 0.2) is 6.61 Å². The first-order chi connectivity index (χ1) is 12.2. The number of ether oxygens (including phenoxy) is 2. The number of para-hydroxylation sites is 1. The molecule has 25 heavy (non-hydrogen) atoms. The molecule has 0 aromatic heterocycles. The van der Waals surface area contributed by atoms with E-state index < -0.39 is 0 Å². The van der Waals surface area contributed by atoms with Crippen LogP contribution < -0.4 is 14.8 Å². The number of nitrogens with one attached hydrogen (secondary N) is 1. The zero-order valence-electron chi connectivity index (χ0n) is 14.4. The Morgan fingerprint density at radius 1 is 1.00 bits per heavy atom. The summed E-state index contributed by atoms with van der Waals surface area (Å²) in [6, 6.07) is 21.3. The van der Waals surface area contributed by atoms with Crippen molar-refractivity contribution in [3.63, 3.8) is 0 Å². The van der Waals surface area contributed by atoms with Gasteiger partial charge >= 0.3 is 0 Å². The highest BCUT2D eigenvalue weighted by Gasteiger charge is 2.14. The second-order valence-corrected chi connectivity index (χ2v) is 5.83. The topological polar surface area (TPSA) is 47.6 Å². The lowest BCUT2D eigenvalue weighted by molar-refractivity contribution is -0.123. The fraction of sp³-hybridized carbons (Fsp3) is 0.190. The van der Waals surface area contributed by atoms with Crippen LogP contribution in [0.3, 0.4) is 0 Å². The van der Waals surface area contributed by atoms with Crippen molar-refractivity contribution in [3.05, 3.63) is 72.3 Å². The van der Waals surface area contributed by atoms with E-state index in [1.165, 1.54) is 0 Å². The Kier molecular flexibility index (Phi) is 5.19. The van der Waals surface area contributed by atoms with Gasteiger partial charge in [-0.25, -0.2) is 0 Å². The third-order valence-electron chi connectivity index (χ3n) is 4.07. The van der Waals surface area contributed by atoms with Crippen molar-refractivity contribution in [1.82, 2.24) is 5.32 Å². The molecule has 0 fully saturated rings. The van der Waals surface area contributed by atoms with Gasteiger partial charge in [-0.2, -0.15) is 0 Å². The van der Waals surface area contributed by atoms with Crippen molar-refractivity contribution in [2.45, 2.75) is 13.0 Å². The molecule has 0 radical (unpaired) electrons. The third-order valence-corrected chi connectivity index (χ3v) is 4.07. The summed E-state index contributed by atoms with van der Waals surface area (Å²) in [5.41, 5.74) is 0.934. The van der Waals surface area contributed by atoms with E-state index in [0.29, 0.717) is 5.75 Å². The fourth-order valence-electron chi connectivity index (χ4n) is 2.79. The second kappa shape index (κ2) is 7.71. The third kappa shape index (κ3) is 4.10. The molecule has 0 bridgehead atoms. The highest BCUT2D eigenvalue weighted by atomic mass is 16.5. The summed E-state index contributed by atoms with van der Waals surface area (Å²) in [7, 11) is 1.62. The number of rotatable bonds is 6. The zero-order chi connectivity index (χ0) is 17.6. The Morgan fingerprint density at radius 2 is 1.72 bits per heavy atom. The molecule has 1 atom stereocenters. The number of carbonyl (C=O) groups is 1. The van der Waals surface area contributed by atoms with Crippen LogP contribution in [0.1, 0.15) is 18.5 Å². The highest BCUT2D eigenvalue weighted by molar-refractivity contribution is 5.84. The van der Waals surface area contributed by atoms with Gasteiger partial charge in [0.25, 0.3) is 5.91 Å². The number of hydrogen-bond donors (Lipinski definition) is 1. The summed E-state index contributed by atoms with van der Waals surface area (Å²) in [4.78, 5) is 12.2. The molecule has 4 nitrogen and oxygen atoms in total. The first-order valence-electron chi connectivity index (χ1n) is 8.21. The van der Waals surface area contributed by atoms with Gasteiger partial charge in [0.05, 0.1) is 13.2 Å². The van der Waals surface area contributed by atoms with E-state index >= 15 is 0 Å². The number of methoxy groups -OCH3 is 1. The van der Waals surface area contributed by atoms with E-state index in [4.69, 9.17) is 9.47 Å². The molecule has 4 heteroatoms. The molecule has 0 unspecified atom stereocenters. The van der Waals surface area contributed by atoms with Crippen molar-refractivity contribution in [3.8, 4) is 11.5 Å². The van der Waals surface area contributed by atoms with Gasteiger partial charge in [-0.05, 0) is 35.9 Å². The average Bonchev–Trinajstić information content (AvgIpc) is 2.66. The van der Waals surface area contributed by atoms with Crippen LogP contribution in [0, 0.1) is 0 Å². The lowest BCUT2D eigenvalue weighted by Crippen LogP contribution is -2.31. The SMILES string of the molecule is COc1ccccc1[C@H](C)NC(=O)COc1ccc2ccccc2c1. The minimum absolute atomic E-state index is 0.0299. The molecule has 0 aliphatic carbocycles. The van der Waals surface area contributed by atoms with Crippen LogP contribution in [0.4, 0.5) is 0 Å². The van der Waals surface area contributed by atoms with Crippen LogP contribution in [-0.2, 0) is 4.79 Å². The normalized spacial score (nSPS) is 11.8. The molecule has 0 aliphatic heterocycles. The van der Waals surface area contributed by atoms with E-state index in [2.05, 4.69) is 5.32 Å². The van der Waals surface area contributed by atoms with Crippen molar-refractivity contribution in [2.24, 2.45) is 0 Å². The summed E-state index contributed by atoms with van der Waals surface area (Å²) in [6.45, 7) is 1.89. The van der Waals surface area contributed by atoms with E-state index in [1.807, 2.05) is 73.7 Å². The van der Waals surface area contributed by atoms with Gasteiger partial charge in [0.1, 0.15) is 11.5 Å². The average molecular weight is 335 g/mol. The maximum Gasteiger partial charge on any atom is 0.258 e. The predicted octanol–water partition coefficient (Wildman–Crippen LogP) is 4.10. The maximum absolute atomic E-state index is 12.2. The number of benzene rings is 3. The van der Waals surface area contributed by atoms with Crippen molar-refractivity contribution in [2.75, 3.05) is 13.7 Å². The monoisotopic (exact) mass is 335 g/mol. The Morgan fingerprint density at radius 3 is 2.52 bits per heavy atom. The van der Waals surface area contributed by atoms with Gasteiger partial charge in [-0.3, -0.25) is 4.79 Å². The summed E-state index contributed by atoms with van der Waals surface area (Å²) >= 11 is 0. The largest absolute Gasteiger partial charge is 0.496 e. The van der Waals surface area contributed by atoms with Crippen molar-refractivity contribution in [1.29, 1.82) is 0 Å². The lowest BCUT2D eigenvalue weighted by Gasteiger charge is -2.17. The molecular formula is C21H21NO3. The van der Waals surface area contributed by atoms with Gasteiger partial charge < -0.3 is 14.8 Å². The minimum Gasteiger partial charge on any atom is -0.496 e. The van der Waals surface area contributed by atoms with Crippen LogP contribution in [0.25, 0.3) is 10.8 Å². The zero-order valence-corrected chi connectivity index (χ0v) is 14.4. The minimum atomic E-state index is -0.174. The first-order valence-corrected chi connectivity index (χ1v) is 8.21. The number of hydrogen-bond acceptors (Lipinski definition) is 3. The molecule has 0 spiro atoms. The number of carbonyl (C=O) groups excluding carboxylic acids is 1. The quantitative estimate of drug-likeness (QED) is 0.737. The molecule has 0 saturated carbocycles. The molecular weight excluding hydrogens is 314 g/mol. The Balaban J connectivity index is 1.60. The van der Waals surface area contributed by atoms with Crippen LogP contribution in [0.5, 0.6) is 11.5 Å². The lowest BCUT2D eigenvalue weighted by atomic mass is 10.1. The molecule has 0 aliphatic rings. The highest BCUT2D eigenvalue weighted by Crippen LogP contribution is 2.24. The number of amides is 1. The van der Waals surface area contributed by atoms with Crippen molar-refractivity contribution < 1.29 is 14.3 Å². The Labute approximate surface area is 147 Å². The molecule has 128 valence electrons. The number of fused-ring (bicyclic) bond motifs is 1. The van der Waals surface area contributed by atoms with Gasteiger partial charge in [-0.15, -0.1) is 0 Å². The smallest absolute Gasteiger partial charge is 0.258 e. The Hall–Kier alpha value is -3.01. The summed E-state index contributed by atoms with van der Waals surface area (Å²) in [5, 5.41) is 5.16. The van der Waals surface area contributed by atoms with Gasteiger partial charge in [0, 0.05) is 5.56 Å². The molecule has 1 amide bonds. The molecule has 3 rings (SSSR count). The molecule has 0 saturated heterocycles. The summed E-state index contributed by atoms with van der Waals surface area (Å²) in [5.74, 6) is 1.26. The molecule has 0 heterocycles. The van der Waals surface area contributed by atoms with Crippen LogP contribution in [0.2, 0.25) is 0 Å². The van der Waals surface area contributed by atoms with Crippen LogP contribution in [0.15, 0.2) is 66.7 Å². The standard InChI is InChI=1S/C21H21NO3/c1-15(19-9-5-6-10-20(19)24-2)22-21(23)14-25-18-12-11-16-7-3-4-8-17(16)13-18/h3-13,15H,14H2,1-2H3,(H,22,23)/t15-/m0/s1. The fourth-order valence-corrected chi connectivity index (χ4v) is 2.79. The van der Waals surface area contributed by atoms with Gasteiger partial charge in [-0.1, -0.05) is 48.5 Å². The molecule has 3 aromatic rings. The van der Waals surface area contributed by atoms with Crippen LogP contribution >= 0.6 is 0 Å². The second-order valence-electron chi connectivity index (χ2n) is 5.83.